The monoisotopic (exact) mass is 212 g/mol. The van der Waals surface area contributed by atoms with Crippen LogP contribution in [0, 0.1) is 16.6 Å². The lowest BCUT2D eigenvalue weighted by molar-refractivity contribution is 0.364. The average Bonchev–Trinajstić information content (AvgIpc) is 2.67. The molecule has 0 aromatic carbocycles. The Balaban J connectivity index is 2.14. The summed E-state index contributed by atoms with van der Waals surface area (Å²) in [6, 6.07) is 0. The third-order valence-electron chi connectivity index (χ3n) is 3.24. The maximum Gasteiger partial charge on any atom is 0.220 e. The van der Waals surface area contributed by atoms with Gasteiger partial charge < -0.3 is 5.73 Å². The molecule has 5 heteroatoms. The molecule has 1 fully saturated rings. The predicted octanol–water partition coefficient (Wildman–Crippen LogP) is 1.96. The zero-order valence-corrected chi connectivity index (χ0v) is 9.18. The maximum absolute atomic E-state index is 5.72. The molecular formula is C9H16N4S. The van der Waals surface area contributed by atoms with Crippen LogP contribution in [0.5, 0.6) is 0 Å². The lowest BCUT2D eigenvalue weighted by Crippen LogP contribution is -2.15. The van der Waals surface area contributed by atoms with Gasteiger partial charge in [-0.15, -0.1) is 5.10 Å². The van der Waals surface area contributed by atoms with E-state index in [0.717, 1.165) is 12.5 Å². The van der Waals surface area contributed by atoms with Gasteiger partial charge in [0.25, 0.3) is 0 Å². The van der Waals surface area contributed by atoms with Crippen molar-refractivity contribution in [1.29, 1.82) is 0 Å². The van der Waals surface area contributed by atoms with E-state index in [1.54, 1.807) is 0 Å². The SMILES string of the molecule is CC1CCCC1Cn1c(N)n[nH]c1=S. The standard InChI is InChI=1S/C9H16N4S/c1-6-3-2-4-7(6)5-13-8(10)11-12-9(13)14/h6-7H,2-5H2,1H3,(H2,10,11)(H,12,14). The van der Waals surface area contributed by atoms with Crippen LogP contribution in [0.2, 0.25) is 0 Å². The van der Waals surface area contributed by atoms with Crippen molar-refractivity contribution < 1.29 is 0 Å². The number of aromatic amines is 1. The first-order chi connectivity index (χ1) is 6.68. The van der Waals surface area contributed by atoms with Gasteiger partial charge in [-0.05, 0) is 30.5 Å². The molecule has 2 unspecified atom stereocenters. The van der Waals surface area contributed by atoms with E-state index in [2.05, 4.69) is 17.1 Å². The van der Waals surface area contributed by atoms with Gasteiger partial charge in [0, 0.05) is 6.54 Å². The number of rotatable bonds is 2. The summed E-state index contributed by atoms with van der Waals surface area (Å²) in [7, 11) is 0. The Morgan fingerprint density at radius 1 is 1.64 bits per heavy atom. The van der Waals surface area contributed by atoms with Crippen molar-refractivity contribution in [2.75, 3.05) is 5.73 Å². The van der Waals surface area contributed by atoms with Gasteiger partial charge in [-0.25, -0.2) is 5.10 Å². The number of nitrogens with one attached hydrogen (secondary N) is 1. The van der Waals surface area contributed by atoms with E-state index in [9.17, 15) is 0 Å². The van der Waals surface area contributed by atoms with Crippen molar-refractivity contribution in [3.8, 4) is 0 Å². The second kappa shape index (κ2) is 3.73. The van der Waals surface area contributed by atoms with Crippen LogP contribution in [-0.4, -0.2) is 14.8 Å². The van der Waals surface area contributed by atoms with Crippen molar-refractivity contribution in [1.82, 2.24) is 14.8 Å². The highest BCUT2D eigenvalue weighted by molar-refractivity contribution is 7.71. The summed E-state index contributed by atoms with van der Waals surface area (Å²) in [5.74, 6) is 2.00. The fourth-order valence-electron chi connectivity index (χ4n) is 2.23. The number of hydrogen-bond donors (Lipinski definition) is 2. The normalized spacial score (nSPS) is 26.9. The van der Waals surface area contributed by atoms with Crippen LogP contribution in [0.3, 0.4) is 0 Å². The number of nitrogens with zero attached hydrogens (tertiary/aromatic N) is 2. The van der Waals surface area contributed by atoms with Crippen LogP contribution in [0.4, 0.5) is 5.95 Å². The summed E-state index contributed by atoms with van der Waals surface area (Å²) in [5, 5.41) is 6.62. The van der Waals surface area contributed by atoms with Crippen LogP contribution in [0.25, 0.3) is 0 Å². The Morgan fingerprint density at radius 2 is 2.43 bits per heavy atom. The van der Waals surface area contributed by atoms with Crippen LogP contribution >= 0.6 is 12.2 Å². The molecule has 0 spiro atoms. The van der Waals surface area contributed by atoms with Crippen molar-refractivity contribution in [2.45, 2.75) is 32.7 Å². The molecule has 2 rings (SSSR count). The third kappa shape index (κ3) is 1.68. The topological polar surface area (TPSA) is 59.6 Å². The summed E-state index contributed by atoms with van der Waals surface area (Å²) in [6.45, 7) is 3.22. The molecule has 0 amide bonds. The molecule has 1 aliphatic carbocycles. The molecule has 4 nitrogen and oxygen atoms in total. The summed E-state index contributed by atoms with van der Waals surface area (Å²) in [5.41, 5.74) is 5.72. The van der Waals surface area contributed by atoms with Gasteiger partial charge in [0.1, 0.15) is 0 Å². The van der Waals surface area contributed by atoms with E-state index < -0.39 is 0 Å². The van der Waals surface area contributed by atoms with Gasteiger partial charge in [-0.2, -0.15) is 0 Å². The predicted molar refractivity (Wildman–Crippen MR) is 58.3 cm³/mol. The first-order valence-electron chi connectivity index (χ1n) is 5.09. The molecule has 1 aliphatic rings. The molecule has 0 bridgehead atoms. The highest BCUT2D eigenvalue weighted by Crippen LogP contribution is 2.32. The zero-order chi connectivity index (χ0) is 10.1. The van der Waals surface area contributed by atoms with Gasteiger partial charge in [-0.3, -0.25) is 4.57 Å². The Bertz CT molecular complexity index is 367. The number of hydrogen-bond acceptors (Lipinski definition) is 3. The van der Waals surface area contributed by atoms with Gasteiger partial charge in [0.15, 0.2) is 4.77 Å². The van der Waals surface area contributed by atoms with E-state index in [-0.39, 0.29) is 0 Å². The molecule has 1 aromatic heterocycles. The Kier molecular flexibility index (Phi) is 2.58. The van der Waals surface area contributed by atoms with Crippen LogP contribution in [0.15, 0.2) is 0 Å². The van der Waals surface area contributed by atoms with Crippen molar-refractivity contribution >= 4 is 18.2 Å². The Labute approximate surface area is 88.5 Å². The van der Waals surface area contributed by atoms with Crippen molar-refractivity contribution in [3.05, 3.63) is 4.77 Å². The van der Waals surface area contributed by atoms with E-state index in [4.69, 9.17) is 18.0 Å². The molecule has 1 aromatic rings. The quantitative estimate of drug-likeness (QED) is 0.737. The second-order valence-electron chi connectivity index (χ2n) is 4.17. The molecule has 1 saturated carbocycles. The van der Waals surface area contributed by atoms with Crippen molar-refractivity contribution in [3.63, 3.8) is 0 Å². The first kappa shape index (κ1) is 9.71. The molecule has 78 valence electrons. The Hall–Kier alpha value is -0.840. The fourth-order valence-corrected chi connectivity index (χ4v) is 2.45. The van der Waals surface area contributed by atoms with E-state index in [0.29, 0.717) is 16.6 Å². The fraction of sp³-hybridized carbons (Fsp3) is 0.778. The number of nitrogens with two attached hydrogens (primary N) is 1. The van der Waals surface area contributed by atoms with E-state index >= 15 is 0 Å². The summed E-state index contributed by atoms with van der Waals surface area (Å²) in [4.78, 5) is 0. The summed E-state index contributed by atoms with van der Waals surface area (Å²) >= 11 is 5.11. The molecule has 2 atom stereocenters. The first-order valence-corrected chi connectivity index (χ1v) is 5.50. The number of nitrogen functional groups attached to an aromatic ring is 1. The molecule has 0 aliphatic heterocycles. The second-order valence-corrected chi connectivity index (χ2v) is 4.55. The molecule has 0 saturated heterocycles. The van der Waals surface area contributed by atoms with Gasteiger partial charge >= 0.3 is 0 Å². The van der Waals surface area contributed by atoms with Crippen LogP contribution in [0.1, 0.15) is 26.2 Å². The van der Waals surface area contributed by atoms with Crippen LogP contribution in [-0.2, 0) is 6.54 Å². The number of H-pyrrole nitrogens is 1. The Morgan fingerprint density at radius 3 is 2.93 bits per heavy atom. The highest BCUT2D eigenvalue weighted by Gasteiger charge is 2.24. The van der Waals surface area contributed by atoms with Gasteiger partial charge in [-0.1, -0.05) is 19.8 Å². The molecule has 3 N–H and O–H groups in total. The highest BCUT2D eigenvalue weighted by atomic mass is 32.1. The molecular weight excluding hydrogens is 196 g/mol. The lowest BCUT2D eigenvalue weighted by atomic mass is 9.98. The molecule has 0 radical (unpaired) electrons. The third-order valence-corrected chi connectivity index (χ3v) is 3.56. The van der Waals surface area contributed by atoms with Gasteiger partial charge in [0.2, 0.25) is 5.95 Å². The van der Waals surface area contributed by atoms with E-state index in [1.165, 1.54) is 19.3 Å². The minimum Gasteiger partial charge on any atom is -0.368 e. The zero-order valence-electron chi connectivity index (χ0n) is 8.36. The summed E-state index contributed by atoms with van der Waals surface area (Å²) < 4.78 is 2.54. The minimum atomic E-state index is 0.508. The van der Waals surface area contributed by atoms with Crippen molar-refractivity contribution in [2.24, 2.45) is 11.8 Å². The smallest absolute Gasteiger partial charge is 0.220 e. The van der Waals surface area contributed by atoms with Gasteiger partial charge in [0.05, 0.1) is 0 Å². The number of anilines is 1. The molecule has 1 heterocycles. The number of aromatic nitrogens is 3. The van der Waals surface area contributed by atoms with E-state index in [1.807, 2.05) is 4.57 Å². The largest absolute Gasteiger partial charge is 0.368 e. The average molecular weight is 212 g/mol. The minimum absolute atomic E-state index is 0.508. The summed E-state index contributed by atoms with van der Waals surface area (Å²) in [6.07, 6.45) is 3.94. The molecule has 14 heavy (non-hydrogen) atoms. The lowest BCUT2D eigenvalue weighted by Gasteiger charge is -2.15. The maximum atomic E-state index is 5.72. The van der Waals surface area contributed by atoms with Crippen LogP contribution < -0.4 is 5.73 Å².